The van der Waals surface area contributed by atoms with E-state index >= 15 is 0 Å². The average Bonchev–Trinajstić information content (AvgIpc) is 2.78. The van der Waals surface area contributed by atoms with Crippen LogP contribution < -0.4 is 10.1 Å². The Kier molecular flexibility index (Phi) is 7.14. The van der Waals surface area contributed by atoms with Crippen molar-refractivity contribution in [2.75, 3.05) is 26.5 Å². The molecule has 0 aliphatic carbocycles. The van der Waals surface area contributed by atoms with Crippen molar-refractivity contribution in [1.82, 2.24) is 4.90 Å². The van der Waals surface area contributed by atoms with Gasteiger partial charge in [-0.3, -0.25) is 9.59 Å². The predicted octanol–water partition coefficient (Wildman–Crippen LogP) is 4.87. The molecule has 1 atom stereocenters. The van der Waals surface area contributed by atoms with Crippen LogP contribution in [0.15, 0.2) is 83.8 Å². The second kappa shape index (κ2) is 9.98. The van der Waals surface area contributed by atoms with Crippen LogP contribution in [0.1, 0.15) is 21.2 Å². The highest BCUT2D eigenvalue weighted by molar-refractivity contribution is 8.00. The highest BCUT2D eigenvalue weighted by Crippen LogP contribution is 2.37. The third-order valence-corrected chi connectivity index (χ3v) is 5.71. The minimum absolute atomic E-state index is 0.147. The standard InChI is InChI=1S/C24H24N2O3S/c1-26(2)24(28)18-14-15-21(29-3)20(16-18)25-23(27)22(17-10-6-4-7-11-17)30-19-12-8-5-9-13-19/h4-16,22H,1-3H3,(H,25,27). The van der Waals surface area contributed by atoms with Crippen LogP contribution in [0.5, 0.6) is 5.75 Å². The molecule has 0 fully saturated rings. The van der Waals surface area contributed by atoms with Gasteiger partial charge < -0.3 is 15.0 Å². The van der Waals surface area contributed by atoms with E-state index in [0.29, 0.717) is 17.0 Å². The minimum atomic E-state index is -0.466. The van der Waals surface area contributed by atoms with Crippen molar-refractivity contribution in [2.45, 2.75) is 10.1 Å². The minimum Gasteiger partial charge on any atom is -0.495 e. The van der Waals surface area contributed by atoms with E-state index < -0.39 is 5.25 Å². The van der Waals surface area contributed by atoms with E-state index in [1.807, 2.05) is 60.7 Å². The van der Waals surface area contributed by atoms with E-state index in [4.69, 9.17) is 4.74 Å². The van der Waals surface area contributed by atoms with Gasteiger partial charge in [0.2, 0.25) is 5.91 Å². The molecule has 0 aliphatic heterocycles. The summed E-state index contributed by atoms with van der Waals surface area (Å²) in [5.41, 5.74) is 1.83. The third-order valence-electron chi connectivity index (χ3n) is 4.45. The molecule has 6 heteroatoms. The van der Waals surface area contributed by atoms with Crippen LogP contribution >= 0.6 is 11.8 Å². The van der Waals surface area contributed by atoms with Gasteiger partial charge in [-0.2, -0.15) is 0 Å². The van der Waals surface area contributed by atoms with Crippen molar-refractivity contribution in [3.8, 4) is 5.75 Å². The maximum atomic E-state index is 13.3. The maximum Gasteiger partial charge on any atom is 0.253 e. The molecule has 2 amide bonds. The summed E-state index contributed by atoms with van der Waals surface area (Å²) >= 11 is 1.47. The highest BCUT2D eigenvalue weighted by Gasteiger charge is 2.23. The van der Waals surface area contributed by atoms with E-state index in [1.165, 1.54) is 23.8 Å². The van der Waals surface area contributed by atoms with Crippen molar-refractivity contribution >= 4 is 29.3 Å². The number of carbonyl (C=O) groups is 2. The Morgan fingerprint density at radius 1 is 0.933 bits per heavy atom. The fourth-order valence-corrected chi connectivity index (χ4v) is 3.98. The Morgan fingerprint density at radius 3 is 2.17 bits per heavy atom. The lowest BCUT2D eigenvalue weighted by Gasteiger charge is -2.19. The van der Waals surface area contributed by atoms with Gasteiger partial charge >= 0.3 is 0 Å². The first-order valence-corrected chi connectivity index (χ1v) is 10.3. The van der Waals surface area contributed by atoms with Crippen LogP contribution in [0.25, 0.3) is 0 Å². The molecule has 154 valence electrons. The average molecular weight is 421 g/mol. The molecular formula is C24H24N2O3S. The van der Waals surface area contributed by atoms with E-state index in [0.717, 1.165) is 10.5 Å². The van der Waals surface area contributed by atoms with Crippen LogP contribution in [0.3, 0.4) is 0 Å². The molecule has 3 rings (SSSR count). The number of rotatable bonds is 7. The Hall–Kier alpha value is -3.25. The lowest BCUT2D eigenvalue weighted by molar-refractivity contribution is -0.115. The maximum absolute atomic E-state index is 13.3. The summed E-state index contributed by atoms with van der Waals surface area (Å²) in [4.78, 5) is 28.1. The molecule has 0 saturated carbocycles. The first-order chi connectivity index (χ1) is 14.5. The molecule has 0 spiro atoms. The van der Waals surface area contributed by atoms with Crippen LogP contribution in [0.2, 0.25) is 0 Å². The number of nitrogens with zero attached hydrogens (tertiary/aromatic N) is 1. The van der Waals surface area contributed by atoms with Crippen LogP contribution in [-0.2, 0) is 4.79 Å². The van der Waals surface area contributed by atoms with E-state index in [1.54, 1.807) is 32.3 Å². The van der Waals surface area contributed by atoms with Crippen LogP contribution in [-0.4, -0.2) is 37.9 Å². The number of hydrogen-bond acceptors (Lipinski definition) is 4. The molecule has 30 heavy (non-hydrogen) atoms. The van der Waals surface area contributed by atoms with Gasteiger partial charge in [0.25, 0.3) is 5.91 Å². The summed E-state index contributed by atoms with van der Waals surface area (Å²) in [5, 5.41) is 2.49. The van der Waals surface area contributed by atoms with Crippen molar-refractivity contribution in [1.29, 1.82) is 0 Å². The molecule has 1 unspecified atom stereocenters. The fourth-order valence-electron chi connectivity index (χ4n) is 2.93. The molecular weight excluding hydrogens is 396 g/mol. The second-order valence-electron chi connectivity index (χ2n) is 6.83. The highest BCUT2D eigenvalue weighted by atomic mass is 32.2. The zero-order chi connectivity index (χ0) is 21.5. The number of benzene rings is 3. The van der Waals surface area contributed by atoms with E-state index in [9.17, 15) is 9.59 Å². The molecule has 5 nitrogen and oxygen atoms in total. The van der Waals surface area contributed by atoms with Gasteiger partial charge in [-0.15, -0.1) is 11.8 Å². The molecule has 3 aromatic carbocycles. The summed E-state index contributed by atoms with van der Waals surface area (Å²) in [7, 11) is 4.91. The summed E-state index contributed by atoms with van der Waals surface area (Å²) < 4.78 is 5.40. The molecule has 0 aliphatic rings. The SMILES string of the molecule is COc1ccc(C(=O)N(C)C)cc1NC(=O)C(Sc1ccccc1)c1ccccc1. The topological polar surface area (TPSA) is 58.6 Å². The Morgan fingerprint density at radius 2 is 1.57 bits per heavy atom. The van der Waals surface area contributed by atoms with Crippen molar-refractivity contribution in [2.24, 2.45) is 0 Å². The third kappa shape index (κ3) is 5.21. The number of methoxy groups -OCH3 is 1. The quantitative estimate of drug-likeness (QED) is 0.554. The first kappa shape index (κ1) is 21.5. The zero-order valence-corrected chi connectivity index (χ0v) is 18.0. The second-order valence-corrected chi connectivity index (χ2v) is 8.00. The smallest absolute Gasteiger partial charge is 0.253 e. The zero-order valence-electron chi connectivity index (χ0n) is 17.2. The summed E-state index contributed by atoms with van der Waals surface area (Å²) in [5.74, 6) is 0.157. The van der Waals surface area contributed by atoms with E-state index in [-0.39, 0.29) is 11.8 Å². The summed E-state index contributed by atoms with van der Waals surface area (Å²) in [6.07, 6.45) is 0. The number of carbonyl (C=O) groups excluding carboxylic acids is 2. The van der Waals surface area contributed by atoms with Crippen molar-refractivity contribution in [3.63, 3.8) is 0 Å². The van der Waals surface area contributed by atoms with Crippen LogP contribution in [0.4, 0.5) is 5.69 Å². The molecule has 1 N–H and O–H groups in total. The number of anilines is 1. The summed E-state index contributed by atoms with van der Waals surface area (Å²) in [6, 6.07) is 24.4. The van der Waals surface area contributed by atoms with Gasteiger partial charge in [0, 0.05) is 24.6 Å². The number of thioether (sulfide) groups is 1. The number of nitrogens with one attached hydrogen (secondary N) is 1. The molecule has 0 saturated heterocycles. The normalized spacial score (nSPS) is 11.4. The van der Waals surface area contributed by atoms with E-state index in [2.05, 4.69) is 5.32 Å². The number of ether oxygens (including phenoxy) is 1. The Bertz CT molecular complexity index is 1010. The molecule has 3 aromatic rings. The first-order valence-electron chi connectivity index (χ1n) is 9.47. The van der Waals surface area contributed by atoms with Gasteiger partial charge in [-0.05, 0) is 35.9 Å². The number of amides is 2. The molecule has 0 aromatic heterocycles. The van der Waals surface area contributed by atoms with Crippen LogP contribution in [0, 0.1) is 0 Å². The van der Waals surface area contributed by atoms with Gasteiger partial charge in [0.1, 0.15) is 11.0 Å². The van der Waals surface area contributed by atoms with Crippen molar-refractivity contribution < 1.29 is 14.3 Å². The fraction of sp³-hybridized carbons (Fsp3) is 0.167. The summed E-state index contributed by atoms with van der Waals surface area (Å²) in [6.45, 7) is 0. The monoisotopic (exact) mass is 420 g/mol. The Balaban J connectivity index is 1.92. The number of hydrogen-bond donors (Lipinski definition) is 1. The predicted molar refractivity (Wildman–Crippen MR) is 121 cm³/mol. The molecule has 0 heterocycles. The lowest BCUT2D eigenvalue weighted by atomic mass is 10.1. The van der Waals surface area contributed by atoms with Crippen molar-refractivity contribution in [3.05, 3.63) is 90.0 Å². The molecule has 0 bridgehead atoms. The van der Waals surface area contributed by atoms with Gasteiger partial charge in [-0.1, -0.05) is 48.5 Å². The Labute approximate surface area is 181 Å². The van der Waals surface area contributed by atoms with Gasteiger partial charge in [0.05, 0.1) is 12.8 Å². The van der Waals surface area contributed by atoms with Gasteiger partial charge in [-0.25, -0.2) is 0 Å². The lowest BCUT2D eigenvalue weighted by Crippen LogP contribution is -2.23. The van der Waals surface area contributed by atoms with Gasteiger partial charge in [0.15, 0.2) is 0 Å². The largest absolute Gasteiger partial charge is 0.495 e. The molecule has 0 radical (unpaired) electrons.